The molecule has 0 bridgehead atoms. The molecule has 218 valence electrons. The predicted octanol–water partition coefficient (Wildman–Crippen LogP) is 6.73. The fraction of sp³-hybridized carbons (Fsp3) is 0.235. The molecule has 1 fully saturated rings. The molecule has 3 amide bonds. The summed E-state index contributed by atoms with van der Waals surface area (Å²) in [5.41, 5.74) is 7.65. The van der Waals surface area contributed by atoms with E-state index in [4.69, 9.17) is 12.2 Å². The van der Waals surface area contributed by atoms with E-state index in [0.717, 1.165) is 70.0 Å². The highest BCUT2D eigenvalue weighted by Gasteiger charge is 2.35. The molecule has 4 aromatic rings. The lowest BCUT2D eigenvalue weighted by Crippen LogP contribution is -2.54. The van der Waals surface area contributed by atoms with Crippen LogP contribution < -0.4 is 15.5 Å². The van der Waals surface area contributed by atoms with Gasteiger partial charge in [-0.1, -0.05) is 35.9 Å². The Hall–Kier alpha value is -4.34. The maximum absolute atomic E-state index is 13.8. The summed E-state index contributed by atoms with van der Waals surface area (Å²) in [6, 6.07) is 17.2. The summed E-state index contributed by atoms with van der Waals surface area (Å²) >= 11 is 7.05. The number of amides is 3. The summed E-state index contributed by atoms with van der Waals surface area (Å²) in [4.78, 5) is 43.2. The van der Waals surface area contributed by atoms with E-state index in [0.29, 0.717) is 11.3 Å². The molecule has 7 nitrogen and oxygen atoms in total. The zero-order chi connectivity index (χ0) is 30.4. The Morgan fingerprint density at radius 2 is 1.72 bits per heavy atom. The predicted molar refractivity (Wildman–Crippen MR) is 176 cm³/mol. The number of aryl methyl sites for hydroxylation is 4. The van der Waals surface area contributed by atoms with Gasteiger partial charge in [0.2, 0.25) is 0 Å². The number of nitrogens with zero attached hydrogens (tertiary/aromatic N) is 2. The molecule has 2 aromatic carbocycles. The van der Waals surface area contributed by atoms with E-state index >= 15 is 0 Å². The molecule has 1 aliphatic heterocycles. The van der Waals surface area contributed by atoms with Gasteiger partial charge in [0.1, 0.15) is 10.6 Å². The molecule has 0 radical (unpaired) electrons. The Bertz CT molecular complexity index is 1850. The van der Waals surface area contributed by atoms with Crippen molar-refractivity contribution in [3.05, 3.63) is 104 Å². The number of hydrogen-bond donors (Lipinski definition) is 2. The molecule has 43 heavy (non-hydrogen) atoms. The van der Waals surface area contributed by atoms with E-state index in [-0.39, 0.29) is 16.6 Å². The lowest BCUT2D eigenvalue weighted by molar-refractivity contribution is -0.122. The van der Waals surface area contributed by atoms with E-state index in [9.17, 15) is 14.4 Å². The summed E-state index contributed by atoms with van der Waals surface area (Å²) < 4.78 is 2.08. The third-order valence-electron chi connectivity index (χ3n) is 8.12. The van der Waals surface area contributed by atoms with Crippen LogP contribution in [-0.2, 0) is 22.4 Å². The molecule has 1 aliphatic carbocycles. The van der Waals surface area contributed by atoms with Crippen LogP contribution in [0.15, 0.2) is 60.2 Å². The maximum Gasteiger partial charge on any atom is 0.270 e. The average molecular weight is 609 g/mol. The number of nitrogens with one attached hydrogen (secondary N) is 2. The molecule has 0 atom stereocenters. The number of thiocarbonyl (C=S) groups is 1. The first-order valence-electron chi connectivity index (χ1n) is 14.3. The minimum Gasteiger partial charge on any atom is -0.322 e. The normalized spacial score (nSPS) is 16.0. The van der Waals surface area contributed by atoms with Gasteiger partial charge in [-0.2, -0.15) is 0 Å². The Labute approximate surface area is 260 Å². The molecular formula is C34H32N4O3S2. The summed E-state index contributed by atoms with van der Waals surface area (Å²) in [6.45, 7) is 7.84. The number of carbonyl (C=O) groups excluding carboxylic acids is 3. The van der Waals surface area contributed by atoms with Gasteiger partial charge in [0.15, 0.2) is 5.11 Å². The van der Waals surface area contributed by atoms with Crippen LogP contribution in [0.1, 0.15) is 61.7 Å². The molecular weight excluding hydrogens is 577 g/mol. The number of carbonyl (C=O) groups is 3. The van der Waals surface area contributed by atoms with Gasteiger partial charge < -0.3 is 9.88 Å². The van der Waals surface area contributed by atoms with Crippen molar-refractivity contribution >= 4 is 63.8 Å². The SMILES string of the molecule is Cc1ccc(NC(=O)c2c(-n3c(C)cc(/C=C4\C(=O)NC(=S)N(c5ccccc5C)C4=O)c3C)sc3c2CCCC3)cc1. The standard InChI is InChI=1S/C34H32N4O3S2/c1-19-13-15-24(16-14-19)35-31(40)29-25-10-6-8-12-28(25)43-33(29)37-21(3)17-23(22(37)4)18-26-30(39)36-34(42)38(32(26)41)27-11-7-5-9-20(27)2/h5,7,9,11,13-18H,6,8,10,12H2,1-4H3,(H,35,40)(H,36,39,42)/b26-18+. The van der Waals surface area contributed by atoms with Crippen LogP contribution in [-0.4, -0.2) is 27.4 Å². The number of hydrogen-bond acceptors (Lipinski definition) is 5. The number of thiophene rings is 1. The van der Waals surface area contributed by atoms with Crippen LogP contribution in [0.25, 0.3) is 11.1 Å². The number of fused-ring (bicyclic) bond motifs is 1. The van der Waals surface area contributed by atoms with Crippen LogP contribution in [0.3, 0.4) is 0 Å². The number of para-hydroxylation sites is 1. The third-order valence-corrected chi connectivity index (χ3v) is 9.68. The first-order valence-corrected chi connectivity index (χ1v) is 15.6. The monoisotopic (exact) mass is 608 g/mol. The van der Waals surface area contributed by atoms with Gasteiger partial charge in [-0.3, -0.25) is 24.6 Å². The Balaban J connectivity index is 1.41. The fourth-order valence-electron chi connectivity index (χ4n) is 5.87. The van der Waals surface area contributed by atoms with Crippen molar-refractivity contribution in [1.29, 1.82) is 0 Å². The van der Waals surface area contributed by atoms with Gasteiger partial charge >= 0.3 is 0 Å². The molecule has 0 spiro atoms. The van der Waals surface area contributed by atoms with E-state index in [1.807, 2.05) is 82.3 Å². The zero-order valence-corrected chi connectivity index (χ0v) is 26.2. The van der Waals surface area contributed by atoms with E-state index in [1.165, 1.54) is 9.78 Å². The Morgan fingerprint density at radius 3 is 2.47 bits per heavy atom. The molecule has 3 heterocycles. The second kappa shape index (κ2) is 11.4. The lowest BCUT2D eigenvalue weighted by atomic mass is 9.95. The number of aromatic nitrogens is 1. The topological polar surface area (TPSA) is 83.4 Å². The van der Waals surface area contributed by atoms with Crippen molar-refractivity contribution in [2.75, 3.05) is 10.2 Å². The van der Waals surface area contributed by atoms with Gasteiger partial charge in [-0.25, -0.2) is 0 Å². The van der Waals surface area contributed by atoms with Crippen molar-refractivity contribution in [2.45, 2.75) is 53.4 Å². The zero-order valence-electron chi connectivity index (χ0n) is 24.5. The van der Waals surface area contributed by atoms with Gasteiger partial charge in [-0.15, -0.1) is 11.3 Å². The quantitative estimate of drug-likeness (QED) is 0.149. The Morgan fingerprint density at radius 1 is 1.00 bits per heavy atom. The molecule has 9 heteroatoms. The minimum absolute atomic E-state index is 0.0000790. The van der Waals surface area contributed by atoms with Crippen LogP contribution >= 0.6 is 23.6 Å². The molecule has 2 N–H and O–H groups in total. The summed E-state index contributed by atoms with van der Waals surface area (Å²) in [6.07, 6.45) is 5.59. The fourth-order valence-corrected chi connectivity index (χ4v) is 7.64. The summed E-state index contributed by atoms with van der Waals surface area (Å²) in [5.74, 6) is -1.14. The van der Waals surface area contributed by atoms with Gasteiger partial charge in [0.05, 0.1) is 11.3 Å². The first-order chi connectivity index (χ1) is 20.6. The summed E-state index contributed by atoms with van der Waals surface area (Å²) in [5, 5.41) is 6.71. The highest BCUT2D eigenvalue weighted by atomic mass is 32.1. The largest absolute Gasteiger partial charge is 0.322 e. The van der Waals surface area contributed by atoms with Gasteiger partial charge in [0, 0.05) is 22.0 Å². The van der Waals surface area contributed by atoms with Crippen LogP contribution in [0, 0.1) is 27.7 Å². The van der Waals surface area contributed by atoms with Crippen LogP contribution in [0.5, 0.6) is 0 Å². The molecule has 2 aromatic heterocycles. The highest BCUT2D eigenvalue weighted by molar-refractivity contribution is 7.80. The molecule has 6 rings (SSSR count). The maximum atomic E-state index is 13.8. The smallest absolute Gasteiger partial charge is 0.270 e. The molecule has 0 saturated carbocycles. The number of benzene rings is 2. The molecule has 1 saturated heterocycles. The van der Waals surface area contributed by atoms with Crippen LogP contribution in [0.4, 0.5) is 11.4 Å². The average Bonchev–Trinajstić information content (AvgIpc) is 3.48. The third kappa shape index (κ3) is 5.23. The second-order valence-corrected chi connectivity index (χ2v) is 12.6. The van der Waals surface area contributed by atoms with E-state index in [2.05, 4.69) is 15.2 Å². The van der Waals surface area contributed by atoms with Gasteiger partial charge in [0.25, 0.3) is 17.7 Å². The first kappa shape index (κ1) is 28.8. The molecule has 2 aliphatic rings. The number of anilines is 2. The minimum atomic E-state index is -0.533. The lowest BCUT2D eigenvalue weighted by Gasteiger charge is -2.30. The van der Waals surface area contributed by atoms with Crippen molar-refractivity contribution in [1.82, 2.24) is 9.88 Å². The van der Waals surface area contributed by atoms with Crippen molar-refractivity contribution in [2.24, 2.45) is 0 Å². The summed E-state index contributed by atoms with van der Waals surface area (Å²) in [7, 11) is 0. The molecule has 0 unspecified atom stereocenters. The second-order valence-electron chi connectivity index (χ2n) is 11.1. The highest BCUT2D eigenvalue weighted by Crippen LogP contribution is 2.39. The van der Waals surface area contributed by atoms with E-state index in [1.54, 1.807) is 17.4 Å². The van der Waals surface area contributed by atoms with Crippen molar-refractivity contribution in [3.8, 4) is 5.00 Å². The number of rotatable bonds is 5. The van der Waals surface area contributed by atoms with E-state index < -0.39 is 11.8 Å². The van der Waals surface area contributed by atoms with Crippen molar-refractivity contribution in [3.63, 3.8) is 0 Å². The van der Waals surface area contributed by atoms with Crippen LogP contribution in [0.2, 0.25) is 0 Å². The van der Waals surface area contributed by atoms with Gasteiger partial charge in [-0.05, 0) is 113 Å². The van der Waals surface area contributed by atoms with Crippen molar-refractivity contribution < 1.29 is 14.4 Å². The Kier molecular flexibility index (Phi) is 7.62.